The summed E-state index contributed by atoms with van der Waals surface area (Å²) in [6.45, 7) is 1.72. The Bertz CT molecular complexity index is 477. The molecule has 3 nitrogen and oxygen atoms in total. The van der Waals surface area contributed by atoms with E-state index >= 15 is 0 Å². The van der Waals surface area contributed by atoms with Crippen molar-refractivity contribution in [3.63, 3.8) is 0 Å². The van der Waals surface area contributed by atoms with Crippen molar-refractivity contribution in [2.45, 2.75) is 6.92 Å². The number of benzene rings is 1. The second-order valence-corrected chi connectivity index (χ2v) is 3.60. The Balaban J connectivity index is 2.38. The van der Waals surface area contributed by atoms with E-state index in [4.69, 9.17) is 11.6 Å². The minimum atomic E-state index is -0.424. The zero-order valence-electron chi connectivity index (χ0n) is 8.03. The SMILES string of the molecule is CC1=NOC(=O)C1=Cc1cccc(Cl)c1. The molecule has 1 aromatic rings. The first kappa shape index (κ1) is 9.93. The maximum atomic E-state index is 11.2. The molecule has 0 saturated heterocycles. The summed E-state index contributed by atoms with van der Waals surface area (Å²) in [5.74, 6) is -0.424. The Morgan fingerprint density at radius 3 is 2.87 bits per heavy atom. The molecule has 1 aliphatic rings. The van der Waals surface area contributed by atoms with Gasteiger partial charge in [0.1, 0.15) is 0 Å². The van der Waals surface area contributed by atoms with Gasteiger partial charge in [0, 0.05) is 5.02 Å². The molecule has 15 heavy (non-hydrogen) atoms. The zero-order valence-corrected chi connectivity index (χ0v) is 8.78. The molecule has 1 aromatic carbocycles. The minimum Gasteiger partial charge on any atom is -0.312 e. The molecule has 0 unspecified atom stereocenters. The molecule has 0 fully saturated rings. The molecular weight excluding hydrogens is 214 g/mol. The van der Waals surface area contributed by atoms with E-state index in [0.29, 0.717) is 16.3 Å². The third-order valence-electron chi connectivity index (χ3n) is 2.03. The van der Waals surface area contributed by atoms with Crippen molar-refractivity contribution in [1.29, 1.82) is 0 Å². The van der Waals surface area contributed by atoms with Crippen LogP contribution in [0.4, 0.5) is 0 Å². The molecule has 76 valence electrons. The van der Waals surface area contributed by atoms with E-state index in [2.05, 4.69) is 9.99 Å². The Labute approximate surface area is 92.0 Å². The molecule has 0 bridgehead atoms. The van der Waals surface area contributed by atoms with Gasteiger partial charge in [0.15, 0.2) is 0 Å². The van der Waals surface area contributed by atoms with Gasteiger partial charge in [-0.1, -0.05) is 28.9 Å². The lowest BCUT2D eigenvalue weighted by atomic mass is 10.1. The number of carbonyl (C=O) groups excluding carboxylic acids is 1. The van der Waals surface area contributed by atoms with E-state index in [0.717, 1.165) is 5.56 Å². The van der Waals surface area contributed by atoms with Crippen LogP contribution in [0.1, 0.15) is 12.5 Å². The largest absolute Gasteiger partial charge is 0.367 e. The summed E-state index contributed by atoms with van der Waals surface area (Å²) in [5, 5.41) is 4.21. The highest BCUT2D eigenvalue weighted by Gasteiger charge is 2.21. The molecular formula is C11H8ClNO2. The second kappa shape index (κ2) is 3.87. The van der Waals surface area contributed by atoms with E-state index < -0.39 is 5.97 Å². The fourth-order valence-electron chi connectivity index (χ4n) is 1.28. The van der Waals surface area contributed by atoms with Crippen LogP contribution in [0.15, 0.2) is 35.0 Å². The normalized spacial score (nSPS) is 17.9. The smallest absolute Gasteiger partial charge is 0.312 e. The standard InChI is InChI=1S/C11H8ClNO2/c1-7-10(11(14)15-13-7)6-8-3-2-4-9(12)5-8/h2-6H,1H3. The van der Waals surface area contributed by atoms with Crippen LogP contribution >= 0.6 is 11.6 Å². The topological polar surface area (TPSA) is 38.7 Å². The fraction of sp³-hybridized carbons (Fsp3) is 0.0909. The summed E-state index contributed by atoms with van der Waals surface area (Å²) in [7, 11) is 0. The van der Waals surface area contributed by atoms with Gasteiger partial charge in [0.05, 0.1) is 11.3 Å². The lowest BCUT2D eigenvalue weighted by Gasteiger charge is -1.96. The maximum absolute atomic E-state index is 11.2. The number of hydrogen-bond acceptors (Lipinski definition) is 3. The first-order valence-corrected chi connectivity index (χ1v) is 4.78. The molecule has 0 spiro atoms. The third-order valence-corrected chi connectivity index (χ3v) is 2.27. The van der Waals surface area contributed by atoms with Gasteiger partial charge < -0.3 is 4.84 Å². The zero-order chi connectivity index (χ0) is 10.8. The molecule has 4 heteroatoms. The van der Waals surface area contributed by atoms with Gasteiger partial charge in [0.25, 0.3) is 0 Å². The van der Waals surface area contributed by atoms with Gasteiger partial charge in [-0.15, -0.1) is 0 Å². The van der Waals surface area contributed by atoms with Gasteiger partial charge in [-0.05, 0) is 30.7 Å². The second-order valence-electron chi connectivity index (χ2n) is 3.17. The Morgan fingerprint density at radius 1 is 1.47 bits per heavy atom. The van der Waals surface area contributed by atoms with E-state index in [9.17, 15) is 4.79 Å². The van der Waals surface area contributed by atoms with Crippen LogP contribution in [0, 0.1) is 0 Å². The van der Waals surface area contributed by atoms with Gasteiger partial charge in [-0.2, -0.15) is 0 Å². The van der Waals surface area contributed by atoms with Crippen LogP contribution in [-0.2, 0) is 9.63 Å². The number of rotatable bonds is 1. The van der Waals surface area contributed by atoms with Crippen molar-refractivity contribution in [1.82, 2.24) is 0 Å². The van der Waals surface area contributed by atoms with Crippen LogP contribution in [-0.4, -0.2) is 11.7 Å². The van der Waals surface area contributed by atoms with Crippen molar-refractivity contribution >= 4 is 29.4 Å². The van der Waals surface area contributed by atoms with Crippen LogP contribution < -0.4 is 0 Å². The van der Waals surface area contributed by atoms with Gasteiger partial charge in [-0.3, -0.25) is 0 Å². The van der Waals surface area contributed by atoms with Crippen LogP contribution in [0.2, 0.25) is 5.02 Å². The number of hydrogen-bond donors (Lipinski definition) is 0. The van der Waals surface area contributed by atoms with E-state index in [-0.39, 0.29) is 0 Å². The Hall–Kier alpha value is -1.61. The van der Waals surface area contributed by atoms with Crippen molar-refractivity contribution in [3.05, 3.63) is 40.4 Å². The van der Waals surface area contributed by atoms with Gasteiger partial charge in [0.2, 0.25) is 0 Å². The van der Waals surface area contributed by atoms with Gasteiger partial charge in [-0.25, -0.2) is 4.79 Å². The molecule has 0 aliphatic carbocycles. The summed E-state index contributed by atoms with van der Waals surface area (Å²) in [6.07, 6.45) is 1.71. The lowest BCUT2D eigenvalue weighted by Crippen LogP contribution is -2.01. The lowest BCUT2D eigenvalue weighted by molar-refractivity contribution is -0.136. The molecule has 0 aromatic heterocycles. The average molecular weight is 222 g/mol. The molecule has 0 amide bonds. The van der Waals surface area contributed by atoms with Crippen LogP contribution in [0.25, 0.3) is 6.08 Å². The third kappa shape index (κ3) is 2.07. The Kier molecular flexibility index (Phi) is 2.56. The van der Waals surface area contributed by atoms with E-state index in [1.54, 1.807) is 25.1 Å². The molecule has 0 atom stereocenters. The van der Waals surface area contributed by atoms with Gasteiger partial charge >= 0.3 is 5.97 Å². The monoisotopic (exact) mass is 221 g/mol. The maximum Gasteiger partial charge on any atom is 0.367 e. The minimum absolute atomic E-state index is 0.424. The summed E-state index contributed by atoms with van der Waals surface area (Å²) in [5.41, 5.74) is 1.91. The van der Waals surface area contributed by atoms with Crippen molar-refractivity contribution < 1.29 is 9.63 Å². The highest BCUT2D eigenvalue weighted by atomic mass is 35.5. The first-order valence-electron chi connectivity index (χ1n) is 4.40. The Morgan fingerprint density at radius 2 is 2.27 bits per heavy atom. The fourth-order valence-corrected chi connectivity index (χ4v) is 1.48. The molecule has 0 radical (unpaired) electrons. The number of carbonyl (C=O) groups is 1. The van der Waals surface area contributed by atoms with Crippen molar-refractivity contribution in [2.75, 3.05) is 0 Å². The number of oxime groups is 1. The molecule has 2 rings (SSSR count). The highest BCUT2D eigenvalue weighted by molar-refractivity contribution is 6.30. The van der Waals surface area contributed by atoms with E-state index in [1.165, 1.54) is 0 Å². The quantitative estimate of drug-likeness (QED) is 0.540. The molecule has 1 heterocycles. The number of nitrogens with zero attached hydrogens (tertiary/aromatic N) is 1. The van der Waals surface area contributed by atoms with Crippen molar-refractivity contribution in [3.8, 4) is 0 Å². The molecule has 0 N–H and O–H groups in total. The molecule has 0 saturated carbocycles. The summed E-state index contributed by atoms with van der Waals surface area (Å²) in [6, 6.07) is 7.23. The predicted octanol–water partition coefficient (Wildman–Crippen LogP) is 2.66. The summed E-state index contributed by atoms with van der Waals surface area (Å²) < 4.78 is 0. The van der Waals surface area contributed by atoms with Crippen LogP contribution in [0.3, 0.4) is 0 Å². The van der Waals surface area contributed by atoms with E-state index in [1.807, 2.05) is 12.1 Å². The number of halogens is 1. The van der Waals surface area contributed by atoms with Crippen molar-refractivity contribution in [2.24, 2.45) is 5.16 Å². The first-order chi connectivity index (χ1) is 7.16. The molecule has 1 aliphatic heterocycles. The predicted molar refractivity (Wildman–Crippen MR) is 58.6 cm³/mol. The summed E-state index contributed by atoms with van der Waals surface area (Å²) in [4.78, 5) is 15.8. The highest BCUT2D eigenvalue weighted by Crippen LogP contribution is 2.17. The van der Waals surface area contributed by atoms with Crippen LogP contribution in [0.5, 0.6) is 0 Å². The average Bonchev–Trinajstić information content (AvgIpc) is 2.50. The summed E-state index contributed by atoms with van der Waals surface area (Å²) >= 11 is 5.83.